The van der Waals surface area contributed by atoms with E-state index in [1.54, 1.807) is 6.26 Å². The van der Waals surface area contributed by atoms with Crippen molar-refractivity contribution in [2.45, 2.75) is 39.4 Å². The first kappa shape index (κ1) is 12.5. The Morgan fingerprint density at radius 2 is 1.84 bits per heavy atom. The van der Waals surface area contributed by atoms with Crippen molar-refractivity contribution in [2.75, 3.05) is 0 Å². The molecule has 0 unspecified atom stereocenters. The first-order valence-corrected chi connectivity index (χ1v) is 6.93. The topological polar surface area (TPSA) is 22.4 Å². The van der Waals surface area contributed by atoms with Crippen LogP contribution in [-0.4, -0.2) is 6.10 Å². The van der Waals surface area contributed by atoms with Gasteiger partial charge in [-0.15, -0.1) is 0 Å². The molecule has 0 saturated carbocycles. The predicted molar refractivity (Wildman–Crippen MR) is 75.1 cm³/mol. The fraction of sp³-hybridized carbons (Fsp3) is 0.412. The average molecular weight is 256 g/mol. The third-order valence-electron chi connectivity index (χ3n) is 3.87. The molecule has 2 atom stereocenters. The van der Waals surface area contributed by atoms with Crippen molar-refractivity contribution in [1.82, 2.24) is 0 Å². The zero-order valence-corrected chi connectivity index (χ0v) is 11.7. The van der Waals surface area contributed by atoms with Crippen LogP contribution in [0.1, 0.15) is 42.4 Å². The Morgan fingerprint density at radius 1 is 1.11 bits per heavy atom. The molecule has 0 fully saturated rings. The van der Waals surface area contributed by atoms with E-state index in [-0.39, 0.29) is 12.2 Å². The van der Waals surface area contributed by atoms with Gasteiger partial charge in [0.1, 0.15) is 11.9 Å². The minimum atomic E-state index is -0.0632. The van der Waals surface area contributed by atoms with E-state index in [0.717, 1.165) is 12.2 Å². The maximum Gasteiger partial charge on any atom is 0.141 e. The quantitative estimate of drug-likeness (QED) is 0.800. The second kappa shape index (κ2) is 4.86. The minimum absolute atomic E-state index is 0.0632. The molecule has 0 amide bonds. The first-order valence-electron chi connectivity index (χ1n) is 6.93. The summed E-state index contributed by atoms with van der Waals surface area (Å²) in [6, 6.07) is 10.6. The summed E-state index contributed by atoms with van der Waals surface area (Å²) in [5.41, 5.74) is 3.72. The molecule has 1 aromatic heterocycles. The van der Waals surface area contributed by atoms with Crippen LogP contribution < -0.4 is 0 Å². The largest absolute Gasteiger partial charge is 0.466 e. The van der Waals surface area contributed by atoms with Gasteiger partial charge in [0, 0.05) is 6.42 Å². The molecule has 0 radical (unpaired) electrons. The summed E-state index contributed by atoms with van der Waals surface area (Å²) < 4.78 is 11.9. The van der Waals surface area contributed by atoms with E-state index in [9.17, 15) is 0 Å². The molecule has 1 aromatic carbocycles. The van der Waals surface area contributed by atoms with Gasteiger partial charge in [-0.3, -0.25) is 0 Å². The molecule has 0 aliphatic carbocycles. The summed E-state index contributed by atoms with van der Waals surface area (Å²) in [6.45, 7) is 6.52. The summed E-state index contributed by atoms with van der Waals surface area (Å²) in [6.07, 6.45) is 2.92. The van der Waals surface area contributed by atoms with Crippen molar-refractivity contribution in [2.24, 2.45) is 5.92 Å². The molecule has 2 heterocycles. The third kappa shape index (κ3) is 2.33. The highest BCUT2D eigenvalue weighted by Gasteiger charge is 2.32. The zero-order chi connectivity index (χ0) is 13.4. The third-order valence-corrected chi connectivity index (χ3v) is 3.87. The van der Waals surface area contributed by atoms with Crippen LogP contribution in [0.4, 0.5) is 0 Å². The monoisotopic (exact) mass is 256 g/mol. The van der Waals surface area contributed by atoms with Crippen molar-refractivity contribution >= 4 is 0 Å². The van der Waals surface area contributed by atoms with Gasteiger partial charge in [-0.2, -0.15) is 0 Å². The number of aryl methyl sites for hydroxylation is 1. The minimum Gasteiger partial charge on any atom is -0.466 e. The number of fused-ring (bicyclic) bond motifs is 1. The summed E-state index contributed by atoms with van der Waals surface area (Å²) in [5.74, 6) is 1.48. The Morgan fingerprint density at radius 3 is 2.53 bits per heavy atom. The second-order valence-electron chi connectivity index (χ2n) is 5.72. The molecule has 0 bridgehead atoms. The van der Waals surface area contributed by atoms with E-state index in [4.69, 9.17) is 9.15 Å². The molecule has 0 N–H and O–H groups in total. The molecule has 19 heavy (non-hydrogen) atoms. The van der Waals surface area contributed by atoms with E-state index in [0.29, 0.717) is 5.92 Å². The highest BCUT2D eigenvalue weighted by Crippen LogP contribution is 2.37. The van der Waals surface area contributed by atoms with Gasteiger partial charge in [-0.1, -0.05) is 43.7 Å². The van der Waals surface area contributed by atoms with Crippen LogP contribution in [0.15, 0.2) is 41.0 Å². The lowest BCUT2D eigenvalue weighted by Crippen LogP contribution is -2.30. The molecule has 1 aliphatic rings. The van der Waals surface area contributed by atoms with Gasteiger partial charge in [0.15, 0.2) is 0 Å². The summed E-state index contributed by atoms with van der Waals surface area (Å²) in [7, 11) is 0. The van der Waals surface area contributed by atoms with Gasteiger partial charge in [-0.25, -0.2) is 0 Å². The van der Waals surface area contributed by atoms with E-state index in [2.05, 4.69) is 51.1 Å². The standard InChI is InChI=1S/C17H20O2/c1-11(2)15-10-14-8-9-18-16(14)17(19-15)13-6-4-12(3)5-7-13/h4-9,11,15,17H,10H2,1-3H3/t15-,17-/m1/s1. The fourth-order valence-electron chi connectivity index (χ4n) is 2.61. The van der Waals surface area contributed by atoms with Gasteiger partial charge < -0.3 is 9.15 Å². The van der Waals surface area contributed by atoms with E-state index in [1.165, 1.54) is 16.7 Å². The lowest BCUT2D eigenvalue weighted by atomic mass is 9.92. The number of hydrogen-bond acceptors (Lipinski definition) is 2. The molecular weight excluding hydrogens is 236 g/mol. The van der Waals surface area contributed by atoms with E-state index in [1.807, 2.05) is 0 Å². The van der Waals surface area contributed by atoms with E-state index >= 15 is 0 Å². The molecule has 0 spiro atoms. The van der Waals surface area contributed by atoms with Crippen LogP contribution in [0.3, 0.4) is 0 Å². The smallest absolute Gasteiger partial charge is 0.141 e. The number of benzene rings is 1. The SMILES string of the molecule is Cc1ccc([C@H]2O[C@@H](C(C)C)Cc3ccoc32)cc1. The first-order chi connectivity index (χ1) is 9.15. The summed E-state index contributed by atoms with van der Waals surface area (Å²) in [4.78, 5) is 0. The van der Waals surface area contributed by atoms with Crippen molar-refractivity contribution in [1.29, 1.82) is 0 Å². The highest BCUT2D eigenvalue weighted by molar-refractivity contribution is 5.33. The lowest BCUT2D eigenvalue weighted by molar-refractivity contribution is -0.0390. The van der Waals surface area contributed by atoms with Crippen molar-refractivity contribution in [3.05, 3.63) is 59.0 Å². The Labute approximate surface area is 114 Å². The molecule has 3 rings (SSSR count). The molecular formula is C17H20O2. The van der Waals surface area contributed by atoms with Gasteiger partial charge in [0.25, 0.3) is 0 Å². The number of ether oxygens (including phenoxy) is 1. The molecule has 2 nitrogen and oxygen atoms in total. The summed E-state index contributed by atoms with van der Waals surface area (Å²) >= 11 is 0. The van der Waals surface area contributed by atoms with Gasteiger partial charge in [-0.05, 0) is 30.0 Å². The Balaban J connectivity index is 1.98. The van der Waals surface area contributed by atoms with Crippen LogP contribution >= 0.6 is 0 Å². The van der Waals surface area contributed by atoms with Gasteiger partial charge in [0.05, 0.1) is 12.4 Å². The van der Waals surface area contributed by atoms with Crippen LogP contribution in [0.25, 0.3) is 0 Å². The molecule has 100 valence electrons. The van der Waals surface area contributed by atoms with Crippen molar-refractivity contribution < 1.29 is 9.15 Å². The van der Waals surface area contributed by atoms with Crippen LogP contribution in [0, 0.1) is 12.8 Å². The molecule has 0 saturated heterocycles. The van der Waals surface area contributed by atoms with Gasteiger partial charge >= 0.3 is 0 Å². The Kier molecular flexibility index (Phi) is 3.19. The maximum atomic E-state index is 6.26. The molecule has 2 heteroatoms. The molecule has 1 aliphatic heterocycles. The van der Waals surface area contributed by atoms with Crippen molar-refractivity contribution in [3.8, 4) is 0 Å². The fourth-order valence-corrected chi connectivity index (χ4v) is 2.61. The van der Waals surface area contributed by atoms with Crippen LogP contribution in [-0.2, 0) is 11.2 Å². The Hall–Kier alpha value is -1.54. The summed E-state index contributed by atoms with van der Waals surface area (Å²) in [5, 5.41) is 0. The van der Waals surface area contributed by atoms with Crippen LogP contribution in [0.5, 0.6) is 0 Å². The highest BCUT2D eigenvalue weighted by atomic mass is 16.5. The zero-order valence-electron chi connectivity index (χ0n) is 11.7. The number of rotatable bonds is 2. The van der Waals surface area contributed by atoms with E-state index < -0.39 is 0 Å². The molecule has 2 aromatic rings. The van der Waals surface area contributed by atoms with Crippen molar-refractivity contribution in [3.63, 3.8) is 0 Å². The Bertz CT molecular complexity index is 551. The van der Waals surface area contributed by atoms with Gasteiger partial charge in [0.2, 0.25) is 0 Å². The normalized spacial score (nSPS) is 22.5. The lowest BCUT2D eigenvalue weighted by Gasteiger charge is -2.31. The average Bonchev–Trinajstić information content (AvgIpc) is 2.86. The van der Waals surface area contributed by atoms with Crippen LogP contribution in [0.2, 0.25) is 0 Å². The number of hydrogen-bond donors (Lipinski definition) is 0. The number of furan rings is 1. The predicted octanol–water partition coefficient (Wildman–Crippen LogP) is 4.27. The second-order valence-corrected chi connectivity index (χ2v) is 5.72. The maximum absolute atomic E-state index is 6.26.